The maximum Gasteiger partial charge on any atom is 0.0502 e. The van der Waals surface area contributed by atoms with Gasteiger partial charge in [-0.2, -0.15) is 0 Å². The van der Waals surface area contributed by atoms with Crippen molar-refractivity contribution in [2.45, 2.75) is 13.0 Å². The maximum absolute atomic E-state index is 9.32. The van der Waals surface area contributed by atoms with Gasteiger partial charge in [0.25, 0.3) is 0 Å². The summed E-state index contributed by atoms with van der Waals surface area (Å²) in [5.74, 6) is 0.770. The first-order valence-corrected chi connectivity index (χ1v) is 5.69. The van der Waals surface area contributed by atoms with Crippen molar-refractivity contribution in [3.8, 4) is 0 Å². The van der Waals surface area contributed by atoms with Gasteiger partial charge in [-0.05, 0) is 17.9 Å². The van der Waals surface area contributed by atoms with Crippen LogP contribution in [-0.2, 0) is 6.54 Å². The molecule has 1 N–H and O–H groups in total. The lowest BCUT2D eigenvalue weighted by Crippen LogP contribution is -2.25. The molecule has 0 aromatic heterocycles. The molecule has 0 bridgehead atoms. The van der Waals surface area contributed by atoms with Crippen molar-refractivity contribution in [1.29, 1.82) is 0 Å². The van der Waals surface area contributed by atoms with Crippen molar-refractivity contribution in [1.82, 2.24) is 4.90 Å². The molecule has 2 unspecified atom stereocenters. The third-order valence-corrected chi connectivity index (χ3v) is 3.94. The van der Waals surface area contributed by atoms with E-state index in [1.54, 1.807) is 0 Å². The number of aliphatic hydroxyl groups excluding tert-OH is 1. The van der Waals surface area contributed by atoms with Crippen molar-refractivity contribution in [3.63, 3.8) is 0 Å². The molecule has 1 aliphatic carbocycles. The third kappa shape index (κ3) is 1.58. The highest BCUT2D eigenvalue weighted by Crippen LogP contribution is 2.57. The van der Waals surface area contributed by atoms with Crippen molar-refractivity contribution in [2.75, 3.05) is 19.7 Å². The van der Waals surface area contributed by atoms with E-state index in [-0.39, 0.29) is 5.41 Å². The van der Waals surface area contributed by atoms with Gasteiger partial charge in [-0.15, -0.1) is 0 Å². The summed E-state index contributed by atoms with van der Waals surface area (Å²) >= 11 is 0. The van der Waals surface area contributed by atoms with Crippen LogP contribution in [0, 0.1) is 11.3 Å². The highest BCUT2D eigenvalue weighted by Gasteiger charge is 2.59. The smallest absolute Gasteiger partial charge is 0.0502 e. The molecule has 1 heterocycles. The molecule has 15 heavy (non-hydrogen) atoms. The number of aliphatic hydroxyl groups is 1. The minimum absolute atomic E-state index is 0.286. The Morgan fingerprint density at radius 2 is 2.13 bits per heavy atom. The second-order valence-electron chi connectivity index (χ2n) is 5.08. The quantitative estimate of drug-likeness (QED) is 0.804. The van der Waals surface area contributed by atoms with Gasteiger partial charge in [0, 0.05) is 25.0 Å². The van der Waals surface area contributed by atoms with Gasteiger partial charge >= 0.3 is 0 Å². The van der Waals surface area contributed by atoms with Crippen LogP contribution in [0.3, 0.4) is 0 Å². The number of hydrogen-bond acceptors (Lipinski definition) is 2. The number of fused-ring (bicyclic) bond motifs is 1. The molecule has 0 amide bonds. The van der Waals surface area contributed by atoms with Gasteiger partial charge in [0.2, 0.25) is 0 Å². The Morgan fingerprint density at radius 1 is 1.33 bits per heavy atom. The molecule has 2 fully saturated rings. The molecule has 2 atom stereocenters. The fourth-order valence-electron chi connectivity index (χ4n) is 2.91. The SMILES string of the molecule is OCC12CC1CN(Cc1ccccc1)C2. The first-order chi connectivity index (χ1) is 7.32. The molecule has 1 saturated heterocycles. The number of hydrogen-bond donors (Lipinski definition) is 1. The van der Waals surface area contributed by atoms with Crippen LogP contribution in [0.5, 0.6) is 0 Å². The summed E-state index contributed by atoms with van der Waals surface area (Å²) in [6.07, 6.45) is 1.24. The summed E-state index contributed by atoms with van der Waals surface area (Å²) in [5.41, 5.74) is 1.67. The number of rotatable bonds is 3. The first-order valence-electron chi connectivity index (χ1n) is 5.69. The van der Waals surface area contributed by atoms with Crippen LogP contribution in [0.15, 0.2) is 30.3 Å². The molecule has 2 nitrogen and oxygen atoms in total. The summed E-state index contributed by atoms with van der Waals surface area (Å²) in [4.78, 5) is 2.47. The van der Waals surface area contributed by atoms with Crippen LogP contribution < -0.4 is 0 Å². The second-order valence-corrected chi connectivity index (χ2v) is 5.08. The van der Waals surface area contributed by atoms with E-state index in [4.69, 9.17) is 0 Å². The Balaban J connectivity index is 1.63. The van der Waals surface area contributed by atoms with E-state index in [2.05, 4.69) is 35.2 Å². The monoisotopic (exact) mass is 203 g/mol. The zero-order valence-corrected chi connectivity index (χ0v) is 8.89. The van der Waals surface area contributed by atoms with Gasteiger partial charge in [0.05, 0.1) is 6.61 Å². The average Bonchev–Trinajstić information content (AvgIpc) is 2.84. The minimum Gasteiger partial charge on any atom is -0.396 e. The van der Waals surface area contributed by atoms with Gasteiger partial charge < -0.3 is 5.11 Å². The molecule has 2 aliphatic rings. The molecule has 80 valence electrons. The van der Waals surface area contributed by atoms with Gasteiger partial charge in [0.15, 0.2) is 0 Å². The normalized spacial score (nSPS) is 34.1. The van der Waals surface area contributed by atoms with E-state index in [9.17, 15) is 5.11 Å². The standard InChI is InChI=1S/C13H17NO/c15-10-13-6-12(13)8-14(9-13)7-11-4-2-1-3-5-11/h1-5,12,15H,6-10H2. The summed E-state index contributed by atoms with van der Waals surface area (Å²) < 4.78 is 0. The van der Waals surface area contributed by atoms with E-state index >= 15 is 0 Å². The third-order valence-electron chi connectivity index (χ3n) is 3.94. The van der Waals surface area contributed by atoms with Crippen molar-refractivity contribution >= 4 is 0 Å². The molecule has 1 aromatic rings. The van der Waals surface area contributed by atoms with Crippen LogP contribution in [-0.4, -0.2) is 29.7 Å². The van der Waals surface area contributed by atoms with Crippen molar-refractivity contribution in [2.24, 2.45) is 11.3 Å². The van der Waals surface area contributed by atoms with E-state index in [0.29, 0.717) is 6.61 Å². The van der Waals surface area contributed by atoms with Gasteiger partial charge in [-0.3, -0.25) is 4.90 Å². The number of nitrogens with zero attached hydrogens (tertiary/aromatic N) is 1. The van der Waals surface area contributed by atoms with E-state index in [1.807, 2.05) is 0 Å². The lowest BCUT2D eigenvalue weighted by molar-refractivity contribution is 0.184. The molecule has 0 radical (unpaired) electrons. The predicted octanol–water partition coefficient (Wildman–Crippen LogP) is 1.50. The van der Waals surface area contributed by atoms with Crippen LogP contribution in [0.2, 0.25) is 0 Å². The number of likely N-dealkylation sites (tertiary alicyclic amines) is 1. The van der Waals surface area contributed by atoms with E-state index in [0.717, 1.165) is 19.0 Å². The Hall–Kier alpha value is -0.860. The Bertz CT molecular complexity index is 347. The molecule has 1 aromatic carbocycles. The fraction of sp³-hybridized carbons (Fsp3) is 0.538. The zero-order valence-electron chi connectivity index (χ0n) is 8.89. The largest absolute Gasteiger partial charge is 0.396 e. The lowest BCUT2D eigenvalue weighted by Gasteiger charge is -2.19. The summed E-state index contributed by atoms with van der Waals surface area (Å²) in [5, 5.41) is 9.32. The predicted molar refractivity (Wildman–Crippen MR) is 59.3 cm³/mol. The molecule has 2 heteroatoms. The van der Waals surface area contributed by atoms with Crippen LogP contribution in [0.4, 0.5) is 0 Å². The Labute approximate surface area is 90.5 Å². The highest BCUT2D eigenvalue weighted by molar-refractivity contribution is 5.17. The van der Waals surface area contributed by atoms with Crippen LogP contribution in [0.1, 0.15) is 12.0 Å². The minimum atomic E-state index is 0.286. The van der Waals surface area contributed by atoms with Gasteiger partial charge in [0.1, 0.15) is 0 Å². The number of piperidine rings is 1. The molecule has 3 rings (SSSR count). The number of benzene rings is 1. The first kappa shape index (κ1) is 9.37. The molecule has 1 saturated carbocycles. The summed E-state index contributed by atoms with van der Waals surface area (Å²) in [6.45, 7) is 3.68. The zero-order chi connectivity index (χ0) is 10.3. The summed E-state index contributed by atoms with van der Waals surface area (Å²) in [6, 6.07) is 10.6. The second kappa shape index (κ2) is 3.32. The molecule has 1 aliphatic heterocycles. The van der Waals surface area contributed by atoms with Gasteiger partial charge in [-0.1, -0.05) is 30.3 Å². The fourth-order valence-corrected chi connectivity index (χ4v) is 2.91. The molecular formula is C13H17NO. The molecular weight excluding hydrogens is 186 g/mol. The average molecular weight is 203 g/mol. The van der Waals surface area contributed by atoms with Crippen LogP contribution in [0.25, 0.3) is 0 Å². The van der Waals surface area contributed by atoms with Gasteiger partial charge in [-0.25, -0.2) is 0 Å². The lowest BCUT2D eigenvalue weighted by atomic mass is 10.1. The van der Waals surface area contributed by atoms with E-state index in [1.165, 1.54) is 18.5 Å². The maximum atomic E-state index is 9.32. The van der Waals surface area contributed by atoms with Crippen molar-refractivity contribution in [3.05, 3.63) is 35.9 Å². The highest BCUT2D eigenvalue weighted by atomic mass is 16.3. The van der Waals surface area contributed by atoms with E-state index < -0.39 is 0 Å². The Kier molecular flexibility index (Phi) is 2.08. The summed E-state index contributed by atoms with van der Waals surface area (Å²) in [7, 11) is 0. The topological polar surface area (TPSA) is 23.5 Å². The van der Waals surface area contributed by atoms with Crippen LogP contribution >= 0.6 is 0 Å². The van der Waals surface area contributed by atoms with Crippen molar-refractivity contribution < 1.29 is 5.11 Å². The Morgan fingerprint density at radius 3 is 2.80 bits per heavy atom. The molecule has 0 spiro atoms.